The number of hydrogen-bond acceptors (Lipinski definition) is 7. The molecule has 1 fully saturated rings. The normalized spacial score (nSPS) is 15.2. The van der Waals surface area contributed by atoms with Crippen LogP contribution >= 0.6 is 11.6 Å². The van der Waals surface area contributed by atoms with E-state index in [1.807, 2.05) is 0 Å². The van der Waals surface area contributed by atoms with Gasteiger partial charge in [-0.25, -0.2) is 8.42 Å². The average Bonchev–Trinajstić information content (AvgIpc) is 2.82. The van der Waals surface area contributed by atoms with E-state index in [-0.39, 0.29) is 17.2 Å². The first-order valence-corrected chi connectivity index (χ1v) is 12.2. The van der Waals surface area contributed by atoms with E-state index in [1.54, 1.807) is 30.3 Å². The third-order valence-electron chi connectivity index (χ3n) is 5.37. The smallest absolute Gasteiger partial charge is 0.243 e. The molecule has 2 aromatic carbocycles. The summed E-state index contributed by atoms with van der Waals surface area (Å²) in [7, 11) is 0.941. The lowest BCUT2D eigenvalue weighted by atomic mass is 10.2. The number of benzene rings is 2. The van der Waals surface area contributed by atoms with Crippen LogP contribution < -0.4 is 19.5 Å². The molecule has 0 aromatic heterocycles. The van der Waals surface area contributed by atoms with Crippen LogP contribution in [0.15, 0.2) is 41.3 Å². The molecule has 0 spiro atoms. The van der Waals surface area contributed by atoms with E-state index in [2.05, 4.69) is 10.2 Å². The number of anilines is 1. The Morgan fingerprint density at radius 1 is 1.00 bits per heavy atom. The zero-order valence-corrected chi connectivity index (χ0v) is 20.4. The van der Waals surface area contributed by atoms with Crippen molar-refractivity contribution in [1.82, 2.24) is 9.21 Å². The Kier molecular flexibility index (Phi) is 8.41. The van der Waals surface area contributed by atoms with Crippen LogP contribution in [0.25, 0.3) is 0 Å². The van der Waals surface area contributed by atoms with Gasteiger partial charge in [0, 0.05) is 62.0 Å². The number of hydrogen-bond donors (Lipinski definition) is 1. The fourth-order valence-electron chi connectivity index (χ4n) is 3.61. The van der Waals surface area contributed by atoms with Crippen molar-refractivity contribution >= 4 is 33.2 Å². The summed E-state index contributed by atoms with van der Waals surface area (Å²) >= 11 is 5.94. The number of piperazine rings is 1. The van der Waals surface area contributed by atoms with Crippen molar-refractivity contribution < 1.29 is 27.4 Å². The molecule has 2 aromatic rings. The van der Waals surface area contributed by atoms with Crippen molar-refractivity contribution in [1.29, 1.82) is 0 Å². The molecular weight excluding hydrogens is 470 g/mol. The molecule has 0 saturated carbocycles. The third-order valence-corrected chi connectivity index (χ3v) is 7.50. The van der Waals surface area contributed by atoms with Crippen LogP contribution in [0.5, 0.6) is 17.2 Å². The Bertz CT molecular complexity index is 1060. The number of amides is 1. The first-order chi connectivity index (χ1) is 15.8. The van der Waals surface area contributed by atoms with Gasteiger partial charge in [-0.05, 0) is 18.2 Å². The van der Waals surface area contributed by atoms with Gasteiger partial charge in [0.25, 0.3) is 0 Å². The van der Waals surface area contributed by atoms with E-state index < -0.39 is 10.0 Å². The molecular formula is C22H28ClN3O6S. The number of halogens is 1. The number of methoxy groups -OCH3 is 3. The Balaban J connectivity index is 1.52. The Hall–Kier alpha value is -2.53. The maximum Gasteiger partial charge on any atom is 0.243 e. The lowest BCUT2D eigenvalue weighted by molar-refractivity contribution is -0.116. The summed E-state index contributed by atoms with van der Waals surface area (Å²) in [6, 6.07) is 9.59. The molecule has 0 bridgehead atoms. The van der Waals surface area contributed by atoms with Gasteiger partial charge in [-0.3, -0.25) is 4.79 Å². The van der Waals surface area contributed by atoms with E-state index >= 15 is 0 Å². The number of rotatable bonds is 9. The summed E-state index contributed by atoms with van der Waals surface area (Å²) in [6.45, 7) is 2.29. The number of sulfonamides is 1. The second-order valence-corrected chi connectivity index (χ2v) is 9.79. The zero-order chi connectivity index (χ0) is 24.0. The molecule has 1 heterocycles. The molecule has 1 aliphatic heterocycles. The van der Waals surface area contributed by atoms with E-state index in [4.69, 9.17) is 25.8 Å². The fraction of sp³-hybridized carbons (Fsp3) is 0.409. The summed E-state index contributed by atoms with van der Waals surface area (Å²) in [6.07, 6.45) is 0.262. The minimum Gasteiger partial charge on any atom is -0.493 e. The van der Waals surface area contributed by atoms with Crippen LogP contribution in [0.4, 0.5) is 5.69 Å². The van der Waals surface area contributed by atoms with Crippen molar-refractivity contribution in [3.05, 3.63) is 41.4 Å². The summed E-state index contributed by atoms with van der Waals surface area (Å²) < 4.78 is 43.0. The van der Waals surface area contributed by atoms with Crippen molar-refractivity contribution in [2.24, 2.45) is 0 Å². The molecule has 33 heavy (non-hydrogen) atoms. The fourth-order valence-corrected chi connectivity index (χ4v) is 5.33. The van der Waals surface area contributed by atoms with Gasteiger partial charge in [0.15, 0.2) is 11.5 Å². The Morgan fingerprint density at radius 2 is 1.64 bits per heavy atom. The van der Waals surface area contributed by atoms with Gasteiger partial charge < -0.3 is 24.4 Å². The maximum absolute atomic E-state index is 12.8. The van der Waals surface area contributed by atoms with Gasteiger partial charge in [0.2, 0.25) is 21.7 Å². The van der Waals surface area contributed by atoms with Crippen molar-refractivity contribution in [2.45, 2.75) is 11.3 Å². The molecule has 1 aliphatic rings. The number of nitrogens with one attached hydrogen (secondary N) is 1. The molecule has 1 saturated heterocycles. The van der Waals surface area contributed by atoms with Gasteiger partial charge >= 0.3 is 0 Å². The molecule has 0 radical (unpaired) electrons. The average molecular weight is 498 g/mol. The molecule has 1 amide bonds. The number of carbonyl (C=O) groups is 1. The standard InChI is InChI=1S/C22H28ClN3O6S/c1-30-19-14-17(15-20(31-2)22(19)32-3)24-21(27)7-8-25-9-11-26(12-10-25)33(28,29)18-6-4-5-16(23)13-18/h4-6,13-15H,7-12H2,1-3H3,(H,24,27). The maximum atomic E-state index is 12.8. The second kappa shape index (κ2) is 11.1. The molecule has 0 aliphatic carbocycles. The second-order valence-electron chi connectivity index (χ2n) is 7.42. The van der Waals surface area contributed by atoms with Crippen molar-refractivity contribution in [3.8, 4) is 17.2 Å². The molecule has 9 nitrogen and oxygen atoms in total. The van der Waals surface area contributed by atoms with Gasteiger partial charge in [-0.2, -0.15) is 4.31 Å². The van der Waals surface area contributed by atoms with Crippen LogP contribution in [0.3, 0.4) is 0 Å². The lowest BCUT2D eigenvalue weighted by Crippen LogP contribution is -2.49. The van der Waals surface area contributed by atoms with E-state index in [1.165, 1.54) is 31.7 Å². The summed E-state index contributed by atoms with van der Waals surface area (Å²) in [5.74, 6) is 1.18. The summed E-state index contributed by atoms with van der Waals surface area (Å²) in [4.78, 5) is 14.7. The molecule has 180 valence electrons. The Labute approximate surface area is 199 Å². The van der Waals surface area contributed by atoms with Crippen molar-refractivity contribution in [3.63, 3.8) is 0 Å². The highest BCUT2D eigenvalue weighted by atomic mass is 35.5. The number of carbonyl (C=O) groups excluding carboxylic acids is 1. The summed E-state index contributed by atoms with van der Waals surface area (Å²) in [5.41, 5.74) is 0.534. The number of ether oxygens (including phenoxy) is 3. The van der Waals surface area contributed by atoms with E-state index in [9.17, 15) is 13.2 Å². The van der Waals surface area contributed by atoms with Crippen LogP contribution in [0, 0.1) is 0 Å². The van der Waals surface area contributed by atoms with E-state index in [0.717, 1.165) is 0 Å². The monoisotopic (exact) mass is 497 g/mol. The lowest BCUT2D eigenvalue weighted by Gasteiger charge is -2.33. The third kappa shape index (κ3) is 6.08. The quantitative estimate of drug-likeness (QED) is 0.568. The minimum atomic E-state index is -3.59. The number of nitrogens with zero attached hydrogens (tertiary/aromatic N) is 2. The molecule has 0 atom stereocenters. The minimum absolute atomic E-state index is 0.168. The van der Waals surface area contributed by atoms with E-state index in [0.29, 0.717) is 60.7 Å². The predicted octanol–water partition coefficient (Wildman–Crippen LogP) is 2.70. The first-order valence-electron chi connectivity index (χ1n) is 10.4. The van der Waals surface area contributed by atoms with Gasteiger partial charge in [-0.1, -0.05) is 17.7 Å². The molecule has 3 rings (SSSR count). The highest BCUT2D eigenvalue weighted by Crippen LogP contribution is 2.39. The topological polar surface area (TPSA) is 97.4 Å². The summed E-state index contributed by atoms with van der Waals surface area (Å²) in [5, 5.41) is 3.22. The first kappa shape index (κ1) is 25.1. The SMILES string of the molecule is COc1cc(NC(=O)CCN2CCN(S(=O)(=O)c3cccc(Cl)c3)CC2)cc(OC)c1OC. The van der Waals surface area contributed by atoms with Gasteiger partial charge in [0.1, 0.15) is 0 Å². The molecule has 1 N–H and O–H groups in total. The zero-order valence-electron chi connectivity index (χ0n) is 18.8. The van der Waals surface area contributed by atoms with Crippen LogP contribution in [0.2, 0.25) is 5.02 Å². The molecule has 0 unspecified atom stereocenters. The predicted molar refractivity (Wildman–Crippen MR) is 126 cm³/mol. The van der Waals surface area contributed by atoms with Crippen molar-refractivity contribution in [2.75, 3.05) is 59.4 Å². The van der Waals surface area contributed by atoms with Crippen LogP contribution in [-0.4, -0.2) is 77.6 Å². The largest absolute Gasteiger partial charge is 0.493 e. The van der Waals surface area contributed by atoms with Crippen LogP contribution in [-0.2, 0) is 14.8 Å². The Morgan fingerprint density at radius 3 is 2.18 bits per heavy atom. The highest BCUT2D eigenvalue weighted by molar-refractivity contribution is 7.89. The molecule has 11 heteroatoms. The van der Waals surface area contributed by atoms with Gasteiger partial charge in [0.05, 0.1) is 26.2 Å². The highest BCUT2D eigenvalue weighted by Gasteiger charge is 2.28. The van der Waals surface area contributed by atoms with Gasteiger partial charge in [-0.15, -0.1) is 0 Å². The van der Waals surface area contributed by atoms with Crippen LogP contribution in [0.1, 0.15) is 6.42 Å².